The Balaban J connectivity index is 1.91. The average molecular weight is 267 g/mol. The number of aryl methyl sites for hydroxylation is 1. The molecule has 0 aromatic heterocycles. The molecule has 0 heterocycles. The summed E-state index contributed by atoms with van der Waals surface area (Å²) in [5.41, 5.74) is 6.66. The average Bonchev–Trinajstić information content (AvgIpc) is 2.54. The maximum atomic E-state index is 11.6. The summed E-state index contributed by atoms with van der Waals surface area (Å²) in [5, 5.41) is 8.77. The molecule has 3 heteroatoms. The van der Waals surface area contributed by atoms with Gasteiger partial charge in [0.15, 0.2) is 0 Å². The molecule has 3 rings (SSSR count). The summed E-state index contributed by atoms with van der Waals surface area (Å²) in [4.78, 5) is 11.6. The number of hydrogen-bond donors (Lipinski definition) is 2. The number of amides is 1. The number of nitrogens with one attached hydrogen (secondary N) is 1. The van der Waals surface area contributed by atoms with Crippen molar-refractivity contribution in [3.8, 4) is 11.1 Å². The van der Waals surface area contributed by atoms with Crippen LogP contribution >= 0.6 is 0 Å². The highest BCUT2D eigenvalue weighted by molar-refractivity contribution is 5.78. The van der Waals surface area contributed by atoms with Crippen LogP contribution in [0, 0.1) is 5.92 Å². The fourth-order valence-corrected chi connectivity index (χ4v) is 2.88. The van der Waals surface area contributed by atoms with Crippen molar-refractivity contribution in [3.63, 3.8) is 0 Å². The maximum Gasteiger partial charge on any atom is 0.246 e. The molecule has 2 aromatic carbocycles. The smallest absolute Gasteiger partial charge is 0.246 e. The fourth-order valence-electron chi connectivity index (χ4n) is 2.88. The largest absolute Gasteiger partial charge is 0.289 e. The second-order valence-electron chi connectivity index (χ2n) is 5.27. The van der Waals surface area contributed by atoms with Crippen LogP contribution in [0.1, 0.15) is 17.5 Å². The molecule has 0 spiro atoms. The number of rotatable bonds is 2. The molecule has 1 aliphatic rings. The van der Waals surface area contributed by atoms with Crippen LogP contribution < -0.4 is 5.48 Å². The standard InChI is InChI=1S/C17H17NO2/c19-17(18-20)15-9-7-13-6-8-14(10-16(13)11-15)12-4-2-1-3-5-12/h1-6,8,10,15,20H,7,9,11H2,(H,18,19). The summed E-state index contributed by atoms with van der Waals surface area (Å²) in [7, 11) is 0. The number of carbonyl (C=O) groups is 1. The fraction of sp³-hybridized carbons (Fsp3) is 0.235. The lowest BCUT2D eigenvalue weighted by Gasteiger charge is -2.23. The first-order valence-electron chi connectivity index (χ1n) is 6.89. The number of carbonyl (C=O) groups excluding carboxylic acids is 1. The first kappa shape index (κ1) is 12.9. The molecule has 0 bridgehead atoms. The minimum Gasteiger partial charge on any atom is -0.289 e. The Morgan fingerprint density at radius 3 is 2.60 bits per heavy atom. The van der Waals surface area contributed by atoms with E-state index < -0.39 is 0 Å². The summed E-state index contributed by atoms with van der Waals surface area (Å²) in [6.07, 6.45) is 2.38. The quantitative estimate of drug-likeness (QED) is 0.649. The van der Waals surface area contributed by atoms with Gasteiger partial charge >= 0.3 is 0 Å². The Labute approximate surface area is 118 Å². The van der Waals surface area contributed by atoms with Gasteiger partial charge in [-0.2, -0.15) is 0 Å². The van der Waals surface area contributed by atoms with Crippen LogP contribution in [-0.2, 0) is 17.6 Å². The predicted octanol–water partition coefficient (Wildman–Crippen LogP) is 2.96. The third-order valence-electron chi connectivity index (χ3n) is 4.02. The lowest BCUT2D eigenvalue weighted by Crippen LogP contribution is -2.31. The Hall–Kier alpha value is -2.13. The molecular formula is C17H17NO2. The third kappa shape index (κ3) is 2.45. The zero-order chi connectivity index (χ0) is 13.9. The Kier molecular flexibility index (Phi) is 3.52. The van der Waals surface area contributed by atoms with E-state index in [1.807, 2.05) is 18.2 Å². The molecule has 2 aromatic rings. The Bertz CT molecular complexity index is 622. The van der Waals surface area contributed by atoms with Crippen LogP contribution in [0.15, 0.2) is 48.5 Å². The van der Waals surface area contributed by atoms with Gasteiger partial charge in [-0.3, -0.25) is 10.0 Å². The van der Waals surface area contributed by atoms with Crippen molar-refractivity contribution in [2.75, 3.05) is 0 Å². The number of hydroxylamine groups is 1. The highest BCUT2D eigenvalue weighted by atomic mass is 16.5. The SMILES string of the molecule is O=C(NO)C1CCc2ccc(-c3ccccc3)cc2C1. The van der Waals surface area contributed by atoms with Gasteiger partial charge in [-0.1, -0.05) is 48.5 Å². The molecule has 1 aliphatic carbocycles. The van der Waals surface area contributed by atoms with E-state index in [0.29, 0.717) is 6.42 Å². The summed E-state index contributed by atoms with van der Waals surface area (Å²) in [6.45, 7) is 0. The van der Waals surface area contributed by atoms with Gasteiger partial charge in [0.25, 0.3) is 0 Å². The van der Waals surface area contributed by atoms with E-state index in [1.165, 1.54) is 22.3 Å². The lowest BCUT2D eigenvalue weighted by molar-refractivity contribution is -0.133. The predicted molar refractivity (Wildman–Crippen MR) is 77.3 cm³/mol. The molecule has 0 fully saturated rings. The van der Waals surface area contributed by atoms with Crippen LogP contribution in [0.2, 0.25) is 0 Å². The molecule has 1 atom stereocenters. The van der Waals surface area contributed by atoms with Gasteiger partial charge < -0.3 is 0 Å². The maximum absolute atomic E-state index is 11.6. The Morgan fingerprint density at radius 1 is 1.05 bits per heavy atom. The van der Waals surface area contributed by atoms with Crippen LogP contribution in [0.25, 0.3) is 11.1 Å². The van der Waals surface area contributed by atoms with Crippen molar-refractivity contribution >= 4 is 5.91 Å². The molecule has 1 amide bonds. The number of hydrogen-bond acceptors (Lipinski definition) is 2. The minimum absolute atomic E-state index is 0.126. The summed E-state index contributed by atoms with van der Waals surface area (Å²) in [6, 6.07) is 16.7. The van der Waals surface area contributed by atoms with E-state index in [-0.39, 0.29) is 11.8 Å². The summed E-state index contributed by atoms with van der Waals surface area (Å²) < 4.78 is 0. The van der Waals surface area contributed by atoms with E-state index in [9.17, 15) is 4.79 Å². The normalized spacial score (nSPS) is 17.4. The molecule has 0 radical (unpaired) electrons. The highest BCUT2D eigenvalue weighted by Gasteiger charge is 2.24. The molecule has 20 heavy (non-hydrogen) atoms. The molecule has 0 saturated carbocycles. The van der Waals surface area contributed by atoms with Gasteiger partial charge in [-0.15, -0.1) is 0 Å². The van der Waals surface area contributed by atoms with Crippen LogP contribution in [0.3, 0.4) is 0 Å². The van der Waals surface area contributed by atoms with Gasteiger partial charge in [-0.25, -0.2) is 5.48 Å². The zero-order valence-corrected chi connectivity index (χ0v) is 11.2. The van der Waals surface area contributed by atoms with Crippen LogP contribution in [-0.4, -0.2) is 11.1 Å². The summed E-state index contributed by atoms with van der Waals surface area (Å²) >= 11 is 0. The van der Waals surface area contributed by atoms with Crippen molar-refractivity contribution in [1.82, 2.24) is 5.48 Å². The number of fused-ring (bicyclic) bond motifs is 1. The van der Waals surface area contributed by atoms with Crippen molar-refractivity contribution in [2.24, 2.45) is 5.92 Å². The van der Waals surface area contributed by atoms with E-state index in [2.05, 4.69) is 30.3 Å². The minimum atomic E-state index is -0.277. The molecule has 3 nitrogen and oxygen atoms in total. The monoisotopic (exact) mass is 267 g/mol. The van der Waals surface area contributed by atoms with Gasteiger partial charge in [0, 0.05) is 5.92 Å². The van der Waals surface area contributed by atoms with E-state index in [1.54, 1.807) is 5.48 Å². The van der Waals surface area contributed by atoms with Crippen molar-refractivity contribution in [3.05, 3.63) is 59.7 Å². The van der Waals surface area contributed by atoms with Crippen LogP contribution in [0.5, 0.6) is 0 Å². The van der Waals surface area contributed by atoms with E-state index in [4.69, 9.17) is 5.21 Å². The van der Waals surface area contributed by atoms with Crippen molar-refractivity contribution in [2.45, 2.75) is 19.3 Å². The summed E-state index contributed by atoms with van der Waals surface area (Å²) in [5.74, 6) is -0.403. The van der Waals surface area contributed by atoms with Gasteiger partial charge in [0.2, 0.25) is 5.91 Å². The van der Waals surface area contributed by atoms with E-state index in [0.717, 1.165) is 12.8 Å². The Morgan fingerprint density at radius 2 is 1.85 bits per heavy atom. The molecule has 2 N–H and O–H groups in total. The lowest BCUT2D eigenvalue weighted by atomic mass is 9.82. The van der Waals surface area contributed by atoms with Crippen molar-refractivity contribution < 1.29 is 10.0 Å². The third-order valence-corrected chi connectivity index (χ3v) is 4.02. The van der Waals surface area contributed by atoms with Gasteiger partial charge in [-0.05, 0) is 41.5 Å². The topological polar surface area (TPSA) is 49.3 Å². The second-order valence-corrected chi connectivity index (χ2v) is 5.27. The highest BCUT2D eigenvalue weighted by Crippen LogP contribution is 2.29. The molecular weight excluding hydrogens is 250 g/mol. The molecule has 1 unspecified atom stereocenters. The zero-order valence-electron chi connectivity index (χ0n) is 11.2. The van der Waals surface area contributed by atoms with Crippen LogP contribution in [0.4, 0.5) is 0 Å². The first-order chi connectivity index (χ1) is 9.78. The van der Waals surface area contributed by atoms with Crippen molar-refractivity contribution in [1.29, 1.82) is 0 Å². The number of benzene rings is 2. The van der Waals surface area contributed by atoms with Gasteiger partial charge in [0.1, 0.15) is 0 Å². The molecule has 0 saturated heterocycles. The van der Waals surface area contributed by atoms with E-state index >= 15 is 0 Å². The molecule has 102 valence electrons. The first-order valence-corrected chi connectivity index (χ1v) is 6.89. The van der Waals surface area contributed by atoms with Gasteiger partial charge in [0.05, 0.1) is 0 Å². The second kappa shape index (κ2) is 5.47. The molecule has 0 aliphatic heterocycles.